The van der Waals surface area contributed by atoms with Gasteiger partial charge < -0.3 is 60.9 Å². The van der Waals surface area contributed by atoms with Crippen LogP contribution in [0.4, 0.5) is 5.69 Å². The number of unbranched alkanes of at least 4 members (excludes halogenated alkanes) is 1. The highest BCUT2D eigenvalue weighted by molar-refractivity contribution is 6.15. The number of aliphatic hydroxyl groups is 2. The zero-order valence-corrected chi connectivity index (χ0v) is 30.7. The molecule has 1 aromatic rings. The molecule has 0 bridgehead atoms. The molecule has 1 aromatic carbocycles. The van der Waals surface area contributed by atoms with Gasteiger partial charge >= 0.3 is 5.97 Å². The summed E-state index contributed by atoms with van der Waals surface area (Å²) in [4.78, 5) is 99.4. The van der Waals surface area contributed by atoms with Crippen LogP contribution >= 0.6 is 0 Å². The largest absolute Gasteiger partial charge is 0.475 e. The third kappa shape index (κ3) is 13.4. The summed E-state index contributed by atoms with van der Waals surface area (Å²) >= 11 is 0. The van der Waals surface area contributed by atoms with Gasteiger partial charge in [0.2, 0.25) is 29.4 Å². The van der Waals surface area contributed by atoms with Gasteiger partial charge in [-0.15, -0.1) is 0 Å². The molecule has 0 radical (unpaired) electrons. The van der Waals surface area contributed by atoms with E-state index < -0.39 is 71.8 Å². The Morgan fingerprint density at radius 1 is 0.982 bits per heavy atom. The second kappa shape index (κ2) is 22.5. The predicted molar refractivity (Wildman–Crippen MR) is 191 cm³/mol. The Bertz CT molecular complexity index is 1650. The fraction of sp³-hybridized carbons (Fsp3) is 0.486. The number of carboxylic acids is 1. The molecular weight excluding hydrogens is 744 g/mol. The van der Waals surface area contributed by atoms with Crippen LogP contribution in [0.1, 0.15) is 37.7 Å². The van der Waals surface area contributed by atoms with Crippen LogP contribution < -0.4 is 31.3 Å². The molecule has 0 spiro atoms. The Morgan fingerprint density at radius 2 is 1.71 bits per heavy atom. The van der Waals surface area contributed by atoms with Crippen molar-refractivity contribution in [2.45, 2.75) is 69.3 Å². The van der Waals surface area contributed by atoms with Gasteiger partial charge in [0, 0.05) is 51.7 Å². The normalized spacial score (nSPS) is 18.5. The number of nitrogens with zero attached hydrogens (tertiary/aromatic N) is 1. The van der Waals surface area contributed by atoms with E-state index in [9.17, 15) is 53.7 Å². The molecule has 8 N–H and O–H groups in total. The molecule has 2 aliphatic heterocycles. The first kappa shape index (κ1) is 44.5. The predicted octanol–water partition coefficient (Wildman–Crippen LogP) is -2.45. The topological polar surface area (TPSA) is 298 Å². The van der Waals surface area contributed by atoms with Gasteiger partial charge in [-0.1, -0.05) is 6.07 Å². The summed E-state index contributed by atoms with van der Waals surface area (Å²) in [5, 5.41) is 43.0. The maximum Gasteiger partial charge on any atom is 0.371 e. The highest BCUT2D eigenvalue weighted by Crippen LogP contribution is 2.30. The van der Waals surface area contributed by atoms with Crippen LogP contribution in [0.5, 0.6) is 5.75 Å². The number of nitrogens with one attached hydrogen (secondary N) is 5. The number of likely N-dealkylation sites (N-methyl/N-ethyl adjacent to an activating group) is 1. The van der Waals surface area contributed by atoms with Crippen molar-refractivity contribution in [2.24, 2.45) is 0 Å². The van der Waals surface area contributed by atoms with E-state index in [2.05, 4.69) is 26.6 Å². The van der Waals surface area contributed by atoms with Crippen LogP contribution in [-0.4, -0.2) is 139 Å². The molecule has 21 nitrogen and oxygen atoms in total. The van der Waals surface area contributed by atoms with Crippen LogP contribution in [0, 0.1) is 0 Å². The molecule has 2 aliphatic rings. The van der Waals surface area contributed by atoms with Crippen molar-refractivity contribution < 1.29 is 72.6 Å². The highest BCUT2D eigenvalue weighted by atomic mass is 16.7. The van der Waals surface area contributed by atoms with Crippen molar-refractivity contribution in [1.82, 2.24) is 26.2 Å². The number of hydrogen-bond donors (Lipinski definition) is 8. The first-order valence-corrected chi connectivity index (χ1v) is 17.5. The molecule has 0 saturated carbocycles. The molecule has 3 rings (SSSR count). The molecule has 306 valence electrons. The Balaban J connectivity index is 1.68. The van der Waals surface area contributed by atoms with Crippen LogP contribution in [0.25, 0.3) is 0 Å². The third-order valence-corrected chi connectivity index (χ3v) is 8.20. The van der Waals surface area contributed by atoms with Crippen molar-refractivity contribution in [1.29, 1.82) is 0 Å². The van der Waals surface area contributed by atoms with Gasteiger partial charge in [-0.05, 0) is 50.1 Å². The molecule has 1 unspecified atom stereocenters. The van der Waals surface area contributed by atoms with E-state index in [1.54, 1.807) is 0 Å². The number of ether oxygens (including phenoxy) is 4. The maximum absolute atomic E-state index is 13.4. The average Bonchev–Trinajstić information content (AvgIpc) is 3.50. The van der Waals surface area contributed by atoms with E-state index in [1.807, 2.05) is 0 Å². The lowest BCUT2D eigenvalue weighted by Crippen LogP contribution is -2.57. The summed E-state index contributed by atoms with van der Waals surface area (Å²) < 4.78 is 20.5. The monoisotopic (exact) mass is 790 g/mol. The number of amides is 6. The minimum atomic E-state index is -1.72. The second-order valence-corrected chi connectivity index (χ2v) is 12.4. The van der Waals surface area contributed by atoms with Crippen molar-refractivity contribution in [3.63, 3.8) is 0 Å². The average molecular weight is 791 g/mol. The van der Waals surface area contributed by atoms with Gasteiger partial charge in [0.25, 0.3) is 24.6 Å². The van der Waals surface area contributed by atoms with E-state index in [1.165, 1.54) is 32.4 Å². The van der Waals surface area contributed by atoms with E-state index >= 15 is 0 Å². The first-order valence-electron chi connectivity index (χ1n) is 17.5. The van der Waals surface area contributed by atoms with Gasteiger partial charge in [-0.2, -0.15) is 0 Å². The smallest absolute Gasteiger partial charge is 0.371 e. The summed E-state index contributed by atoms with van der Waals surface area (Å²) in [5.74, 6) is -6.09. The van der Waals surface area contributed by atoms with Crippen molar-refractivity contribution in [2.75, 3.05) is 45.7 Å². The van der Waals surface area contributed by atoms with Crippen LogP contribution in [0.15, 0.2) is 42.2 Å². The van der Waals surface area contributed by atoms with Gasteiger partial charge in [-0.3, -0.25) is 38.5 Å². The van der Waals surface area contributed by atoms with Gasteiger partial charge in [0.1, 0.15) is 30.5 Å². The number of carbonyl (C=O) groups excluding carboxylic acids is 7. The molecule has 6 amide bonds. The number of hydrogen-bond acceptors (Lipinski definition) is 15. The van der Waals surface area contributed by atoms with E-state index in [4.69, 9.17) is 18.9 Å². The number of rotatable bonds is 24. The molecule has 0 aliphatic carbocycles. The Kier molecular flexibility index (Phi) is 17.9. The minimum absolute atomic E-state index is 0.0273. The van der Waals surface area contributed by atoms with Gasteiger partial charge in [0.05, 0.1) is 12.3 Å². The SMILES string of the molecule is CNCC(C(=O)N[C@@H](CCCCNC(=O)CCOC)C(=O)NCCC(=O)Nc1cc(COC=O)ccc1O[C@@H]1OC(C(=O)O)=C[C@H](O)[C@H]1O)N1C(=O)C=CC1=O. The molecule has 0 aromatic heterocycles. The summed E-state index contributed by atoms with van der Waals surface area (Å²) in [7, 11) is 2.99. The molecule has 5 atom stereocenters. The van der Waals surface area contributed by atoms with Gasteiger partial charge in [-0.25, -0.2) is 4.79 Å². The second-order valence-electron chi connectivity index (χ2n) is 12.4. The number of aliphatic carboxylic acids is 1. The minimum Gasteiger partial charge on any atom is -0.475 e. The van der Waals surface area contributed by atoms with Crippen molar-refractivity contribution >= 4 is 53.6 Å². The molecule has 2 heterocycles. The lowest BCUT2D eigenvalue weighted by Gasteiger charge is -2.31. The standard InChI is InChI=1S/C35H46N6O15/c1-36-17-23(41-29(46)8-9-30(41)47)33(50)40-21(5-3-4-12-37-27(44)11-14-53-2)32(49)38-13-10-28(45)39-22-15-20(18-54-19-42)6-7-25(22)55-35-31(48)24(43)16-26(56-35)34(51)52/h6-9,15-16,19,21,23-24,31,35-36,43,48H,3-5,10-14,17-18H2,1-2H3,(H,37,44)(H,38,49)(H,39,45)(H,40,50)(H,51,52)/t21-,23?,24-,31+,35+/m0/s1. The van der Waals surface area contributed by atoms with E-state index in [-0.39, 0.29) is 75.9 Å². The molecule has 56 heavy (non-hydrogen) atoms. The zero-order chi connectivity index (χ0) is 41.2. The maximum atomic E-state index is 13.4. The fourth-order valence-corrected chi connectivity index (χ4v) is 5.36. The fourth-order valence-electron chi connectivity index (χ4n) is 5.36. The number of aliphatic hydroxyl groups excluding tert-OH is 2. The van der Waals surface area contributed by atoms with Gasteiger partial charge in [0.15, 0.2) is 6.10 Å². The Hall–Kier alpha value is -5.90. The highest BCUT2D eigenvalue weighted by Gasteiger charge is 2.38. The summed E-state index contributed by atoms with van der Waals surface area (Å²) in [6.07, 6.45) is -1.51. The lowest BCUT2D eigenvalue weighted by molar-refractivity contribution is -0.172. The molecule has 0 saturated heterocycles. The molecule has 0 fully saturated rings. The van der Waals surface area contributed by atoms with Crippen molar-refractivity contribution in [3.05, 3.63) is 47.7 Å². The Labute approximate surface area is 320 Å². The van der Waals surface area contributed by atoms with E-state index in [0.717, 1.165) is 23.1 Å². The molecular formula is C35H46N6O15. The number of imide groups is 1. The zero-order valence-electron chi connectivity index (χ0n) is 30.7. The van der Waals surface area contributed by atoms with Crippen LogP contribution in [0.3, 0.4) is 0 Å². The number of benzene rings is 1. The number of methoxy groups -OCH3 is 1. The Morgan fingerprint density at radius 3 is 2.38 bits per heavy atom. The van der Waals surface area contributed by atoms with E-state index in [0.29, 0.717) is 18.4 Å². The summed E-state index contributed by atoms with van der Waals surface area (Å²) in [5.41, 5.74) is 0.364. The number of carboxylic acid groups (broad SMARTS) is 1. The van der Waals surface area contributed by atoms with Crippen LogP contribution in [0.2, 0.25) is 0 Å². The lowest BCUT2D eigenvalue weighted by atomic mass is 10.1. The number of anilines is 1. The third-order valence-electron chi connectivity index (χ3n) is 8.20. The van der Waals surface area contributed by atoms with Crippen molar-refractivity contribution in [3.8, 4) is 5.75 Å². The first-order chi connectivity index (χ1) is 26.8. The number of carbonyl (C=O) groups is 8. The quantitative estimate of drug-likeness (QED) is 0.0306. The molecule has 21 heteroatoms. The summed E-state index contributed by atoms with van der Waals surface area (Å²) in [6, 6.07) is 1.68. The van der Waals surface area contributed by atoms with Crippen LogP contribution in [-0.2, 0) is 59.2 Å². The summed E-state index contributed by atoms with van der Waals surface area (Å²) in [6.45, 7) is 0.194.